The number of halogens is 3. The molecule has 1 fully saturated rings. The van der Waals surface area contributed by atoms with E-state index in [1.54, 1.807) is 24.3 Å². The van der Waals surface area contributed by atoms with E-state index >= 15 is 0 Å². The average Bonchev–Trinajstić information content (AvgIpc) is 3.12. The lowest BCUT2D eigenvalue weighted by Crippen LogP contribution is -2.36. The Bertz CT molecular complexity index is 1180. The molecule has 3 aromatic rings. The Morgan fingerprint density at radius 3 is 2.56 bits per heavy atom. The van der Waals surface area contributed by atoms with Crippen molar-refractivity contribution in [3.05, 3.63) is 99.5 Å². The number of hydrogen-bond donors (Lipinski definition) is 1. The first-order chi connectivity index (χ1) is 15.4. The summed E-state index contributed by atoms with van der Waals surface area (Å²) in [5.74, 6) is -3.76. The number of benzene rings is 3. The van der Waals surface area contributed by atoms with Crippen molar-refractivity contribution in [3.8, 4) is 0 Å². The molecule has 9 heteroatoms. The lowest BCUT2D eigenvalue weighted by atomic mass is 10.1. The lowest BCUT2D eigenvalue weighted by molar-refractivity contribution is -0.201. The number of rotatable bonds is 5. The molecule has 1 atom stereocenters. The fraction of sp³-hybridized carbons (Fsp3) is 0.130. The summed E-state index contributed by atoms with van der Waals surface area (Å²) in [7, 11) is 0. The van der Waals surface area contributed by atoms with Crippen molar-refractivity contribution >= 4 is 33.4 Å². The Morgan fingerprint density at radius 2 is 1.84 bits per heavy atom. The molecular formula is C23H18BrF2N3O3. The molecule has 0 aliphatic carbocycles. The molecule has 2 amide bonds. The Hall–Kier alpha value is -3.30. The first kappa shape index (κ1) is 21.9. The van der Waals surface area contributed by atoms with E-state index in [9.17, 15) is 18.4 Å². The van der Waals surface area contributed by atoms with E-state index < -0.39 is 41.7 Å². The number of nitrogen functional groups attached to an aromatic ring is 1. The van der Waals surface area contributed by atoms with Crippen LogP contribution in [0.2, 0.25) is 0 Å². The van der Waals surface area contributed by atoms with E-state index in [0.29, 0.717) is 10.0 Å². The minimum atomic E-state index is -1.17. The summed E-state index contributed by atoms with van der Waals surface area (Å²) in [6.07, 6.45) is -1.03. The van der Waals surface area contributed by atoms with Crippen molar-refractivity contribution in [2.24, 2.45) is 0 Å². The van der Waals surface area contributed by atoms with Crippen LogP contribution in [0.1, 0.15) is 27.7 Å². The zero-order valence-electron chi connectivity index (χ0n) is 16.7. The molecule has 2 N–H and O–H groups in total. The second kappa shape index (κ2) is 9.05. The summed E-state index contributed by atoms with van der Waals surface area (Å²) in [4.78, 5) is 32.9. The third-order valence-corrected chi connectivity index (χ3v) is 5.52. The van der Waals surface area contributed by atoms with Crippen molar-refractivity contribution in [2.75, 3.05) is 12.3 Å². The van der Waals surface area contributed by atoms with E-state index in [1.165, 1.54) is 0 Å². The van der Waals surface area contributed by atoms with Gasteiger partial charge in [-0.2, -0.15) is 5.06 Å². The first-order valence-electron chi connectivity index (χ1n) is 9.65. The second-order valence-corrected chi connectivity index (χ2v) is 8.08. The maximum atomic E-state index is 14.6. The van der Waals surface area contributed by atoms with Crippen LogP contribution in [-0.4, -0.2) is 28.3 Å². The van der Waals surface area contributed by atoms with Crippen molar-refractivity contribution in [1.82, 2.24) is 9.96 Å². The number of nitrogens with two attached hydrogens (primary N) is 1. The Kier molecular flexibility index (Phi) is 6.20. The molecule has 1 aliphatic rings. The standard InChI is InChI=1S/C23H18BrF2N3O3/c24-16-8-4-7-15(11-16)22-28(23(31)20-17(25)9-10-18(27)21(20)26)12-19(30)29(22)32-13-14-5-2-1-3-6-14/h1-11,22H,12-13,27H2. The van der Waals surface area contributed by atoms with Gasteiger partial charge < -0.3 is 10.6 Å². The highest BCUT2D eigenvalue weighted by Crippen LogP contribution is 2.35. The summed E-state index contributed by atoms with van der Waals surface area (Å²) in [6, 6.07) is 18.0. The first-order valence-corrected chi connectivity index (χ1v) is 10.4. The number of hydroxylamine groups is 2. The lowest BCUT2D eigenvalue weighted by Gasteiger charge is -2.29. The molecule has 164 valence electrons. The number of carbonyl (C=O) groups excluding carboxylic acids is 2. The Labute approximate surface area is 191 Å². The number of anilines is 1. The molecule has 3 aromatic carbocycles. The molecule has 0 saturated carbocycles. The third-order valence-electron chi connectivity index (χ3n) is 5.02. The van der Waals surface area contributed by atoms with Crippen LogP contribution in [0.25, 0.3) is 0 Å². The van der Waals surface area contributed by atoms with Crippen molar-refractivity contribution in [2.45, 2.75) is 12.8 Å². The smallest absolute Gasteiger partial charge is 0.268 e. The van der Waals surface area contributed by atoms with Gasteiger partial charge >= 0.3 is 0 Å². The predicted octanol–water partition coefficient (Wildman–Crippen LogP) is 4.42. The largest absolute Gasteiger partial charge is 0.396 e. The van der Waals surface area contributed by atoms with Crippen LogP contribution in [-0.2, 0) is 16.2 Å². The molecule has 0 radical (unpaired) electrons. The normalized spacial score (nSPS) is 16.0. The third kappa shape index (κ3) is 4.21. The van der Waals surface area contributed by atoms with Crippen molar-refractivity contribution < 1.29 is 23.2 Å². The highest BCUT2D eigenvalue weighted by Gasteiger charge is 2.44. The minimum Gasteiger partial charge on any atom is -0.396 e. The maximum Gasteiger partial charge on any atom is 0.268 e. The van der Waals surface area contributed by atoms with Crippen molar-refractivity contribution in [1.29, 1.82) is 0 Å². The summed E-state index contributed by atoms with van der Waals surface area (Å²) in [5.41, 5.74) is 5.69. The SMILES string of the molecule is Nc1ccc(F)c(C(=O)N2CC(=O)N(OCc3ccccc3)C2c2cccc(Br)c2)c1F. The molecule has 4 rings (SSSR count). The molecule has 1 heterocycles. The van der Waals surface area contributed by atoms with Gasteiger partial charge in [-0.25, -0.2) is 8.78 Å². The molecular weight excluding hydrogens is 484 g/mol. The van der Waals surface area contributed by atoms with Gasteiger partial charge in [-0.1, -0.05) is 58.4 Å². The summed E-state index contributed by atoms with van der Waals surface area (Å²) in [5, 5.41) is 1.06. The molecule has 32 heavy (non-hydrogen) atoms. The summed E-state index contributed by atoms with van der Waals surface area (Å²) < 4.78 is 29.7. The van der Waals surface area contributed by atoms with E-state index in [1.807, 2.05) is 30.3 Å². The van der Waals surface area contributed by atoms with Crippen LogP contribution in [0.15, 0.2) is 71.2 Å². The van der Waals surface area contributed by atoms with Gasteiger partial charge in [-0.3, -0.25) is 14.4 Å². The molecule has 0 bridgehead atoms. The van der Waals surface area contributed by atoms with Crippen LogP contribution in [0, 0.1) is 11.6 Å². The van der Waals surface area contributed by atoms with E-state index in [-0.39, 0.29) is 12.3 Å². The van der Waals surface area contributed by atoms with Crippen LogP contribution in [0.3, 0.4) is 0 Å². The number of nitrogens with zero attached hydrogens (tertiary/aromatic N) is 2. The molecule has 6 nitrogen and oxygen atoms in total. The molecule has 0 spiro atoms. The highest BCUT2D eigenvalue weighted by molar-refractivity contribution is 9.10. The summed E-state index contributed by atoms with van der Waals surface area (Å²) >= 11 is 3.37. The van der Waals surface area contributed by atoms with Gasteiger partial charge in [0.15, 0.2) is 12.0 Å². The monoisotopic (exact) mass is 501 g/mol. The maximum absolute atomic E-state index is 14.6. The van der Waals surface area contributed by atoms with Crippen LogP contribution < -0.4 is 5.73 Å². The summed E-state index contributed by atoms with van der Waals surface area (Å²) in [6.45, 7) is -0.349. The van der Waals surface area contributed by atoms with Gasteiger partial charge in [0.25, 0.3) is 11.8 Å². The number of carbonyl (C=O) groups is 2. The van der Waals surface area contributed by atoms with E-state index in [4.69, 9.17) is 10.6 Å². The van der Waals surface area contributed by atoms with Crippen LogP contribution >= 0.6 is 15.9 Å². The van der Waals surface area contributed by atoms with Crippen LogP contribution in [0.4, 0.5) is 14.5 Å². The van der Waals surface area contributed by atoms with Crippen LogP contribution in [0.5, 0.6) is 0 Å². The quantitative estimate of drug-likeness (QED) is 0.525. The van der Waals surface area contributed by atoms with Gasteiger partial charge in [0.05, 0.1) is 5.69 Å². The molecule has 0 aromatic heterocycles. The van der Waals surface area contributed by atoms with E-state index in [0.717, 1.165) is 27.7 Å². The number of amides is 2. The van der Waals surface area contributed by atoms with Gasteiger partial charge in [0.2, 0.25) is 0 Å². The van der Waals surface area contributed by atoms with Gasteiger partial charge in [0, 0.05) is 4.47 Å². The Morgan fingerprint density at radius 1 is 1.09 bits per heavy atom. The van der Waals surface area contributed by atoms with E-state index in [2.05, 4.69) is 15.9 Å². The topological polar surface area (TPSA) is 75.9 Å². The fourth-order valence-electron chi connectivity index (χ4n) is 3.50. The predicted molar refractivity (Wildman–Crippen MR) is 117 cm³/mol. The van der Waals surface area contributed by atoms with Crippen molar-refractivity contribution in [3.63, 3.8) is 0 Å². The average molecular weight is 502 g/mol. The van der Waals surface area contributed by atoms with Gasteiger partial charge in [-0.15, -0.1) is 0 Å². The minimum absolute atomic E-state index is 0.0696. The van der Waals surface area contributed by atoms with Gasteiger partial charge in [-0.05, 0) is 35.4 Å². The molecule has 1 unspecified atom stereocenters. The zero-order valence-corrected chi connectivity index (χ0v) is 18.3. The molecule has 1 aliphatic heterocycles. The zero-order chi connectivity index (χ0) is 22.8. The van der Waals surface area contributed by atoms with Gasteiger partial charge in [0.1, 0.15) is 24.5 Å². The number of hydrogen-bond acceptors (Lipinski definition) is 4. The highest BCUT2D eigenvalue weighted by atomic mass is 79.9. The Balaban J connectivity index is 1.72. The second-order valence-electron chi connectivity index (χ2n) is 7.17. The fourth-order valence-corrected chi connectivity index (χ4v) is 3.92. The molecule has 1 saturated heterocycles.